The minimum absolute atomic E-state index is 0.0573. The van der Waals surface area contributed by atoms with Gasteiger partial charge in [-0.15, -0.1) is 0 Å². The molecule has 3 aromatic rings. The maximum Gasteiger partial charge on any atom is 0.432 e. The Balaban J connectivity index is 2.37. The second-order valence-electron chi connectivity index (χ2n) is 5.23. The smallest absolute Gasteiger partial charge is 0.345 e. The molecule has 0 saturated carbocycles. The van der Waals surface area contributed by atoms with E-state index in [-0.39, 0.29) is 11.3 Å². The lowest BCUT2D eigenvalue weighted by molar-refractivity contribution is -0.383. The van der Waals surface area contributed by atoms with Crippen LogP contribution in [0.4, 0.5) is 18.9 Å². The molecular formula is C17H10ClF3N2O2. The van der Waals surface area contributed by atoms with Crippen molar-refractivity contribution in [2.75, 3.05) is 0 Å². The molecule has 1 N–H and O–H groups in total. The molecule has 0 aliphatic heterocycles. The average Bonchev–Trinajstić information content (AvgIpc) is 2.97. The maximum atomic E-state index is 13.5. The van der Waals surface area contributed by atoms with Gasteiger partial charge < -0.3 is 4.98 Å². The third-order valence-corrected chi connectivity index (χ3v) is 3.89. The van der Waals surface area contributed by atoms with Crippen LogP contribution in [0, 0.1) is 10.1 Å². The Morgan fingerprint density at radius 2 is 1.56 bits per heavy atom. The maximum absolute atomic E-state index is 13.5. The number of H-pyrrole nitrogens is 1. The standard InChI is InChI=1S/C17H10ClF3N2O2/c18-12-8-6-10(7-9-12)13-15(23(24)25)14(11-4-2-1-3-5-11)22-16(13)17(19,20)21/h1-9,22H. The van der Waals surface area contributed by atoms with Gasteiger partial charge in [0.1, 0.15) is 11.4 Å². The molecule has 1 heterocycles. The van der Waals surface area contributed by atoms with Crippen molar-refractivity contribution in [3.05, 3.63) is 75.4 Å². The number of hydrogen-bond acceptors (Lipinski definition) is 2. The van der Waals surface area contributed by atoms with Crippen LogP contribution in [0.5, 0.6) is 0 Å². The Morgan fingerprint density at radius 3 is 2.08 bits per heavy atom. The van der Waals surface area contributed by atoms with Gasteiger partial charge in [0.15, 0.2) is 0 Å². The summed E-state index contributed by atoms with van der Waals surface area (Å²) in [7, 11) is 0. The van der Waals surface area contributed by atoms with Crippen LogP contribution in [0.3, 0.4) is 0 Å². The quantitative estimate of drug-likeness (QED) is 0.461. The second-order valence-corrected chi connectivity index (χ2v) is 5.66. The number of aromatic amines is 1. The van der Waals surface area contributed by atoms with E-state index in [0.717, 1.165) is 0 Å². The van der Waals surface area contributed by atoms with Crippen molar-refractivity contribution < 1.29 is 18.1 Å². The van der Waals surface area contributed by atoms with Crippen LogP contribution < -0.4 is 0 Å². The monoisotopic (exact) mass is 366 g/mol. The van der Waals surface area contributed by atoms with E-state index in [9.17, 15) is 23.3 Å². The Bertz CT molecular complexity index is 920. The summed E-state index contributed by atoms with van der Waals surface area (Å²) >= 11 is 5.77. The van der Waals surface area contributed by atoms with Gasteiger partial charge in [0.25, 0.3) is 0 Å². The van der Waals surface area contributed by atoms with Crippen molar-refractivity contribution in [3.8, 4) is 22.4 Å². The van der Waals surface area contributed by atoms with E-state index in [1.54, 1.807) is 18.2 Å². The van der Waals surface area contributed by atoms with Crippen LogP contribution in [-0.2, 0) is 6.18 Å². The fourth-order valence-electron chi connectivity index (χ4n) is 2.60. The zero-order valence-corrected chi connectivity index (χ0v) is 13.2. The van der Waals surface area contributed by atoms with Gasteiger partial charge in [-0.1, -0.05) is 54.1 Å². The minimum Gasteiger partial charge on any atom is -0.345 e. The molecule has 2 aromatic carbocycles. The highest BCUT2D eigenvalue weighted by Gasteiger charge is 2.42. The van der Waals surface area contributed by atoms with E-state index in [0.29, 0.717) is 10.6 Å². The van der Waals surface area contributed by atoms with Crippen LogP contribution >= 0.6 is 11.6 Å². The molecule has 4 nitrogen and oxygen atoms in total. The highest BCUT2D eigenvalue weighted by molar-refractivity contribution is 6.30. The van der Waals surface area contributed by atoms with Crippen LogP contribution in [0.15, 0.2) is 54.6 Å². The number of benzene rings is 2. The zero-order chi connectivity index (χ0) is 18.2. The van der Waals surface area contributed by atoms with Crippen molar-refractivity contribution in [3.63, 3.8) is 0 Å². The molecule has 0 unspecified atom stereocenters. The molecule has 1 aromatic heterocycles. The number of halogens is 4. The van der Waals surface area contributed by atoms with Gasteiger partial charge in [-0.25, -0.2) is 0 Å². The van der Waals surface area contributed by atoms with E-state index in [1.807, 2.05) is 0 Å². The number of alkyl halides is 3. The lowest BCUT2D eigenvalue weighted by Gasteiger charge is -2.07. The van der Waals surface area contributed by atoms with Crippen molar-refractivity contribution in [2.45, 2.75) is 6.18 Å². The van der Waals surface area contributed by atoms with Crippen LogP contribution in [0.1, 0.15) is 5.69 Å². The van der Waals surface area contributed by atoms with Gasteiger partial charge in [0.05, 0.1) is 10.5 Å². The van der Waals surface area contributed by atoms with E-state index < -0.39 is 28.0 Å². The highest BCUT2D eigenvalue weighted by Crippen LogP contribution is 2.46. The van der Waals surface area contributed by atoms with Crippen LogP contribution in [0.25, 0.3) is 22.4 Å². The van der Waals surface area contributed by atoms with Gasteiger partial charge in [-0.3, -0.25) is 10.1 Å². The molecule has 0 atom stereocenters. The first-order valence-corrected chi connectivity index (χ1v) is 7.45. The van der Waals surface area contributed by atoms with E-state index in [1.165, 1.54) is 36.4 Å². The van der Waals surface area contributed by atoms with E-state index in [4.69, 9.17) is 11.6 Å². The summed E-state index contributed by atoms with van der Waals surface area (Å²) in [5.74, 6) is 0. The number of nitrogens with one attached hydrogen (secondary N) is 1. The number of aromatic nitrogens is 1. The molecule has 0 aliphatic rings. The fourth-order valence-corrected chi connectivity index (χ4v) is 2.72. The highest BCUT2D eigenvalue weighted by atomic mass is 35.5. The summed E-state index contributed by atoms with van der Waals surface area (Å²) in [5.41, 5.74) is -2.14. The Labute approximate surface area is 145 Å². The van der Waals surface area contributed by atoms with Crippen LogP contribution in [-0.4, -0.2) is 9.91 Å². The molecule has 0 amide bonds. The van der Waals surface area contributed by atoms with Gasteiger partial charge in [0.2, 0.25) is 0 Å². The second kappa shape index (κ2) is 6.25. The van der Waals surface area contributed by atoms with Gasteiger partial charge >= 0.3 is 11.9 Å². The summed E-state index contributed by atoms with van der Waals surface area (Å²) in [4.78, 5) is 13.0. The Hall–Kier alpha value is -2.80. The SMILES string of the molecule is O=[N+]([O-])c1c(-c2ccccc2)[nH]c(C(F)(F)F)c1-c1ccc(Cl)cc1. The average molecular weight is 367 g/mol. The first-order chi connectivity index (χ1) is 11.8. The molecule has 0 aliphatic carbocycles. The predicted octanol–water partition coefficient (Wildman–Crippen LogP) is 5.93. The zero-order valence-electron chi connectivity index (χ0n) is 12.5. The summed E-state index contributed by atoms with van der Waals surface area (Å²) in [6, 6.07) is 13.3. The molecule has 0 spiro atoms. The van der Waals surface area contributed by atoms with Gasteiger partial charge in [-0.05, 0) is 17.7 Å². The largest absolute Gasteiger partial charge is 0.432 e. The summed E-state index contributed by atoms with van der Waals surface area (Å²) in [6.07, 6.45) is -4.78. The summed E-state index contributed by atoms with van der Waals surface area (Å²) < 4.78 is 40.5. The van der Waals surface area contributed by atoms with Crippen molar-refractivity contribution >= 4 is 17.3 Å². The molecule has 0 fully saturated rings. The Kier molecular flexibility index (Phi) is 4.26. The lowest BCUT2D eigenvalue weighted by Crippen LogP contribution is -2.07. The first kappa shape index (κ1) is 17.0. The molecule has 0 saturated heterocycles. The number of nitrogens with zero attached hydrogens (tertiary/aromatic N) is 1. The third-order valence-electron chi connectivity index (χ3n) is 3.64. The third kappa shape index (κ3) is 3.23. The Morgan fingerprint density at radius 1 is 0.960 bits per heavy atom. The van der Waals surface area contributed by atoms with E-state index >= 15 is 0 Å². The topological polar surface area (TPSA) is 58.9 Å². The summed E-state index contributed by atoms with van der Waals surface area (Å²) in [5, 5.41) is 11.9. The molecule has 0 bridgehead atoms. The normalized spacial score (nSPS) is 11.5. The van der Waals surface area contributed by atoms with Crippen LogP contribution in [0.2, 0.25) is 5.02 Å². The van der Waals surface area contributed by atoms with Gasteiger partial charge in [-0.2, -0.15) is 13.2 Å². The lowest BCUT2D eigenvalue weighted by atomic mass is 10.0. The van der Waals surface area contributed by atoms with Crippen molar-refractivity contribution in [1.29, 1.82) is 0 Å². The van der Waals surface area contributed by atoms with E-state index in [2.05, 4.69) is 4.98 Å². The van der Waals surface area contributed by atoms with Crippen molar-refractivity contribution in [1.82, 2.24) is 4.98 Å². The fraction of sp³-hybridized carbons (Fsp3) is 0.0588. The molecule has 0 radical (unpaired) electrons. The molecular weight excluding hydrogens is 357 g/mol. The molecule has 3 rings (SSSR count). The number of nitro groups is 1. The summed E-state index contributed by atoms with van der Waals surface area (Å²) in [6.45, 7) is 0. The number of hydrogen-bond donors (Lipinski definition) is 1. The number of rotatable bonds is 3. The predicted molar refractivity (Wildman–Crippen MR) is 88.3 cm³/mol. The molecule has 8 heteroatoms. The molecule has 128 valence electrons. The minimum atomic E-state index is -4.78. The van der Waals surface area contributed by atoms with Gasteiger partial charge in [0, 0.05) is 10.6 Å². The molecule has 25 heavy (non-hydrogen) atoms. The van der Waals surface area contributed by atoms with Crippen molar-refractivity contribution in [2.24, 2.45) is 0 Å². The first-order valence-electron chi connectivity index (χ1n) is 7.08.